The van der Waals surface area contributed by atoms with E-state index in [1.54, 1.807) is 24.0 Å². The van der Waals surface area contributed by atoms with Crippen molar-refractivity contribution >= 4 is 23.2 Å². The zero-order valence-corrected chi connectivity index (χ0v) is 23.0. The summed E-state index contributed by atoms with van der Waals surface area (Å²) in [5.41, 5.74) is 10.0. The highest BCUT2D eigenvalue weighted by Crippen LogP contribution is 2.37. The number of nitrogens with zero attached hydrogens (tertiary/aromatic N) is 8. The summed E-state index contributed by atoms with van der Waals surface area (Å²) in [6.45, 7) is -0.0270. The average Bonchev–Trinajstić information content (AvgIpc) is 3.52. The number of halogens is 2. The summed E-state index contributed by atoms with van der Waals surface area (Å²) in [4.78, 5) is 18.5. The maximum atomic E-state index is 13.1. The van der Waals surface area contributed by atoms with Crippen molar-refractivity contribution < 1.29 is 8.78 Å². The summed E-state index contributed by atoms with van der Waals surface area (Å²) in [6, 6.07) is 13.0. The predicted octanol–water partition coefficient (Wildman–Crippen LogP) is 4.81. The first-order valence-electron chi connectivity index (χ1n) is 13.1. The van der Waals surface area contributed by atoms with Crippen LogP contribution in [-0.2, 0) is 6.54 Å². The predicted molar refractivity (Wildman–Crippen MR) is 154 cm³/mol. The first-order valence-corrected chi connectivity index (χ1v) is 14.3. The third kappa shape index (κ3) is 5.26. The van der Waals surface area contributed by atoms with E-state index in [1.807, 2.05) is 24.6 Å². The van der Waals surface area contributed by atoms with Crippen LogP contribution < -0.4 is 10.6 Å². The van der Waals surface area contributed by atoms with Crippen molar-refractivity contribution in [2.75, 3.05) is 24.2 Å². The van der Waals surface area contributed by atoms with E-state index < -0.39 is 6.55 Å². The molecule has 0 amide bonds. The Bertz CT molecular complexity index is 1620. The van der Waals surface area contributed by atoms with E-state index in [0.29, 0.717) is 39.1 Å². The van der Waals surface area contributed by atoms with Crippen LogP contribution in [0.4, 0.5) is 14.6 Å². The lowest BCUT2D eigenvalue weighted by Gasteiger charge is -2.56. The fraction of sp³-hybridized carbons (Fsp3) is 0.276. The van der Waals surface area contributed by atoms with E-state index >= 15 is 0 Å². The summed E-state index contributed by atoms with van der Waals surface area (Å²) >= 11 is 1.65. The molecule has 7 heterocycles. The van der Waals surface area contributed by atoms with Crippen molar-refractivity contribution in [3.8, 4) is 28.3 Å². The van der Waals surface area contributed by atoms with E-state index in [0.717, 1.165) is 36.0 Å². The number of allylic oxidation sites excluding steroid dienone is 1. The van der Waals surface area contributed by atoms with Gasteiger partial charge in [0, 0.05) is 85.0 Å². The van der Waals surface area contributed by atoms with E-state index in [9.17, 15) is 14.0 Å². The minimum absolute atomic E-state index is 0.203. The number of nitrogens with two attached hydrogens (primary N) is 1. The van der Waals surface area contributed by atoms with Gasteiger partial charge in [0.15, 0.2) is 0 Å². The molecule has 2 atom stereocenters. The summed E-state index contributed by atoms with van der Waals surface area (Å²) in [6.07, 6.45) is 12.2. The van der Waals surface area contributed by atoms with Crippen molar-refractivity contribution in [1.29, 1.82) is 5.26 Å². The lowest BCUT2D eigenvalue weighted by Crippen LogP contribution is -2.68. The van der Waals surface area contributed by atoms with Gasteiger partial charge < -0.3 is 10.6 Å². The van der Waals surface area contributed by atoms with Crippen LogP contribution in [0.25, 0.3) is 27.8 Å². The number of nitriles is 1. The average molecular weight is 572 g/mol. The normalized spacial score (nSPS) is 18.8. The first kappa shape index (κ1) is 26.9. The van der Waals surface area contributed by atoms with Gasteiger partial charge >= 0.3 is 6.55 Å². The van der Waals surface area contributed by atoms with Crippen LogP contribution in [0.5, 0.6) is 0 Å². The molecule has 0 aromatic carbocycles. The highest BCUT2D eigenvalue weighted by molar-refractivity contribution is 7.98. The number of hydrogen-bond donors (Lipinski definition) is 1. The first-order chi connectivity index (χ1) is 20.0. The van der Waals surface area contributed by atoms with Gasteiger partial charge in [0.05, 0.1) is 22.5 Å². The largest absolute Gasteiger partial charge is 0.403 e. The molecule has 2 bridgehead atoms. The van der Waals surface area contributed by atoms with Crippen molar-refractivity contribution in [3.63, 3.8) is 0 Å². The molecule has 3 saturated heterocycles. The molecule has 4 aromatic heterocycles. The number of rotatable bonds is 8. The van der Waals surface area contributed by atoms with Crippen LogP contribution in [0.2, 0.25) is 0 Å². The van der Waals surface area contributed by atoms with Gasteiger partial charge in [-0.05, 0) is 48.6 Å². The smallest absolute Gasteiger partial charge is 0.333 e. The molecule has 9 nitrogen and oxygen atoms in total. The molecule has 2 N–H and O–H groups in total. The second-order valence-corrected chi connectivity index (χ2v) is 10.9. The Balaban J connectivity index is 1.22. The number of piperidine rings is 1. The van der Waals surface area contributed by atoms with Gasteiger partial charge in [-0.3, -0.25) is 9.88 Å². The van der Waals surface area contributed by atoms with Crippen molar-refractivity contribution in [1.82, 2.24) is 29.6 Å². The van der Waals surface area contributed by atoms with E-state index in [-0.39, 0.29) is 5.57 Å². The second kappa shape index (κ2) is 11.3. The van der Waals surface area contributed by atoms with Crippen molar-refractivity contribution in [3.05, 3.63) is 78.8 Å². The number of pyridine rings is 3. The van der Waals surface area contributed by atoms with Crippen LogP contribution in [0.15, 0.2) is 72.5 Å². The van der Waals surface area contributed by atoms with Crippen LogP contribution in [0.3, 0.4) is 0 Å². The van der Waals surface area contributed by atoms with Crippen LogP contribution in [0, 0.1) is 11.3 Å². The van der Waals surface area contributed by atoms with Gasteiger partial charge in [0.1, 0.15) is 11.9 Å². The number of anilines is 1. The van der Waals surface area contributed by atoms with Crippen LogP contribution in [-0.4, -0.2) is 61.1 Å². The maximum Gasteiger partial charge on any atom is 0.333 e. The Hall–Kier alpha value is -4.34. The highest BCUT2D eigenvalue weighted by atomic mass is 32.2. The summed E-state index contributed by atoms with van der Waals surface area (Å²) in [5, 5.41) is 14.4. The number of hydrogen-bond acceptors (Lipinski definition) is 9. The SMILES string of the molecule is CSc1cc(CN2C3CC2CN(c2ccc(-c4cc(-c5cnn(C(F)F)c5)cnc4C(C#N)=CN)cn2)C3)ccn1. The molecule has 3 aliphatic rings. The molecule has 208 valence electrons. The molecule has 3 fully saturated rings. The van der Waals surface area contributed by atoms with E-state index in [4.69, 9.17) is 10.7 Å². The van der Waals surface area contributed by atoms with E-state index in [1.165, 1.54) is 36.8 Å². The molecule has 3 aliphatic heterocycles. The molecule has 0 spiro atoms. The molecular weight excluding hydrogens is 544 g/mol. The summed E-state index contributed by atoms with van der Waals surface area (Å²) in [5.74, 6) is 0.885. The highest BCUT2D eigenvalue weighted by Gasteiger charge is 2.44. The van der Waals surface area contributed by atoms with Crippen LogP contribution in [0.1, 0.15) is 24.2 Å². The van der Waals surface area contributed by atoms with E-state index in [2.05, 4.69) is 43.1 Å². The minimum Gasteiger partial charge on any atom is -0.403 e. The molecule has 4 aromatic rings. The molecule has 0 saturated carbocycles. The monoisotopic (exact) mass is 571 g/mol. The van der Waals surface area contributed by atoms with Gasteiger partial charge in [-0.15, -0.1) is 11.8 Å². The number of fused-ring (bicyclic) bond motifs is 2. The zero-order chi connectivity index (χ0) is 28.5. The lowest BCUT2D eigenvalue weighted by atomic mass is 9.87. The number of piperazine rings is 1. The number of alkyl halides is 2. The van der Waals surface area contributed by atoms with Crippen molar-refractivity contribution in [2.24, 2.45) is 5.73 Å². The minimum atomic E-state index is -2.74. The zero-order valence-electron chi connectivity index (χ0n) is 22.2. The fourth-order valence-electron chi connectivity index (χ4n) is 5.56. The Morgan fingerprint density at radius 3 is 2.56 bits per heavy atom. The summed E-state index contributed by atoms with van der Waals surface area (Å²) < 4.78 is 26.7. The summed E-state index contributed by atoms with van der Waals surface area (Å²) in [7, 11) is 0. The molecule has 2 unspecified atom stereocenters. The molecule has 0 radical (unpaired) electrons. The quantitative estimate of drug-likeness (QED) is 0.235. The van der Waals surface area contributed by atoms with Gasteiger partial charge in [0.25, 0.3) is 0 Å². The Labute approximate surface area is 240 Å². The second-order valence-electron chi connectivity index (χ2n) is 10.0. The molecular formula is C29H27F2N9S. The Kier molecular flexibility index (Phi) is 7.38. The maximum absolute atomic E-state index is 13.1. The topological polar surface area (TPSA) is 113 Å². The Morgan fingerprint density at radius 1 is 1.10 bits per heavy atom. The third-order valence-corrected chi connectivity index (χ3v) is 8.31. The number of aromatic nitrogens is 5. The molecule has 41 heavy (non-hydrogen) atoms. The van der Waals surface area contributed by atoms with Gasteiger partial charge in [0.2, 0.25) is 0 Å². The van der Waals surface area contributed by atoms with Gasteiger partial charge in [-0.2, -0.15) is 19.1 Å². The van der Waals surface area contributed by atoms with Gasteiger partial charge in [-0.25, -0.2) is 14.6 Å². The van der Waals surface area contributed by atoms with Gasteiger partial charge in [-0.1, -0.05) is 0 Å². The molecule has 7 rings (SSSR count). The third-order valence-electron chi connectivity index (χ3n) is 7.67. The fourth-order valence-corrected chi connectivity index (χ4v) is 5.99. The number of thioether (sulfide) groups is 1. The lowest BCUT2D eigenvalue weighted by molar-refractivity contribution is -0.00875. The standard InChI is InChI=1S/C29H27F2N9S/c1-41-27-6-18(4-5-34-27)14-39-23-8-24(39)17-38(16-23)26-3-2-19(11-35-26)25-7-20(12-36-28(25)21(9-32)10-33)22-13-37-40(15-22)29(30)31/h2-7,9,11-13,15,23-24,29H,8,14,16-17,32H2,1H3. The van der Waals surface area contributed by atoms with Crippen molar-refractivity contribution in [2.45, 2.75) is 36.6 Å². The Morgan fingerprint density at radius 2 is 1.90 bits per heavy atom. The molecule has 0 aliphatic carbocycles. The van der Waals surface area contributed by atoms with Crippen LogP contribution >= 0.6 is 11.8 Å². The molecule has 12 heteroatoms.